The van der Waals surface area contributed by atoms with Gasteiger partial charge in [0.15, 0.2) is 0 Å². The molecule has 2 heterocycles. The lowest BCUT2D eigenvalue weighted by Crippen LogP contribution is -2.34. The predicted molar refractivity (Wildman–Crippen MR) is 86.4 cm³/mol. The summed E-state index contributed by atoms with van der Waals surface area (Å²) in [5.74, 6) is 0. The largest absolute Gasteiger partial charge is 0.444 e. The minimum absolute atomic E-state index is 0.390. The lowest BCUT2D eigenvalue weighted by Gasteiger charge is -2.19. The molecule has 1 amide bonds. The van der Waals surface area contributed by atoms with Crippen LogP contribution >= 0.6 is 15.9 Å². The average molecular weight is 365 g/mol. The van der Waals surface area contributed by atoms with Crippen LogP contribution in [0.3, 0.4) is 0 Å². The summed E-state index contributed by atoms with van der Waals surface area (Å²) in [6.45, 7) is 6.33. The Morgan fingerprint density at radius 3 is 2.91 bits per heavy atom. The third kappa shape index (κ3) is 3.98. The number of pyridine rings is 1. The Labute approximate surface area is 137 Å². The van der Waals surface area contributed by atoms with Gasteiger partial charge in [0.25, 0.3) is 0 Å². The maximum atomic E-state index is 11.6. The molecule has 0 aliphatic carbocycles. The molecule has 0 saturated carbocycles. The van der Waals surface area contributed by atoms with Gasteiger partial charge in [0, 0.05) is 35.3 Å². The number of aromatic nitrogens is 2. The van der Waals surface area contributed by atoms with Crippen LogP contribution in [0.5, 0.6) is 0 Å². The minimum Gasteiger partial charge on any atom is -0.444 e. The van der Waals surface area contributed by atoms with Gasteiger partial charge in [-0.25, -0.2) is 9.78 Å². The van der Waals surface area contributed by atoms with Crippen molar-refractivity contribution >= 4 is 33.1 Å². The molecule has 0 aliphatic rings. The molecular formula is C15H17BrN4O2. The van der Waals surface area contributed by atoms with Crippen molar-refractivity contribution in [1.82, 2.24) is 14.9 Å². The Hall–Kier alpha value is -2.07. The Morgan fingerprint density at radius 1 is 1.55 bits per heavy atom. The number of halogens is 1. The smallest absolute Gasteiger partial charge is 0.407 e. The highest BCUT2D eigenvalue weighted by atomic mass is 79.9. The number of ether oxygens (including phenoxy) is 1. The summed E-state index contributed by atoms with van der Waals surface area (Å²) in [6, 6.07) is 4.01. The molecule has 0 aliphatic heterocycles. The minimum atomic E-state index is -0.522. The second kappa shape index (κ2) is 6.36. The number of carbonyl (C=O) groups is 1. The van der Waals surface area contributed by atoms with Crippen LogP contribution < -0.4 is 5.32 Å². The number of rotatable bonds is 3. The summed E-state index contributed by atoms with van der Waals surface area (Å²) in [6.07, 6.45) is 2.96. The number of nitrogens with one attached hydrogen (secondary N) is 1. The van der Waals surface area contributed by atoms with Crippen LogP contribution in [0.25, 0.3) is 11.0 Å². The molecule has 0 aromatic carbocycles. The molecule has 2 aromatic heterocycles. The highest BCUT2D eigenvalue weighted by Crippen LogP contribution is 2.22. The van der Waals surface area contributed by atoms with E-state index < -0.39 is 11.7 Å². The molecular weight excluding hydrogens is 348 g/mol. The van der Waals surface area contributed by atoms with Crippen LogP contribution in [0.2, 0.25) is 0 Å². The van der Waals surface area contributed by atoms with E-state index in [1.54, 1.807) is 12.4 Å². The van der Waals surface area contributed by atoms with Gasteiger partial charge in [0.1, 0.15) is 17.3 Å². The Bertz CT molecular complexity index is 740. The Morgan fingerprint density at radius 2 is 2.27 bits per heavy atom. The number of hydrogen-bond acceptors (Lipinski definition) is 4. The summed E-state index contributed by atoms with van der Waals surface area (Å²) in [5.41, 5.74) is 0.748. The summed E-state index contributed by atoms with van der Waals surface area (Å²) in [4.78, 5) is 15.9. The van der Waals surface area contributed by atoms with Gasteiger partial charge in [-0.15, -0.1) is 0 Å². The molecule has 2 aromatic rings. The molecule has 1 N–H and O–H groups in total. The molecule has 0 fully saturated rings. The summed E-state index contributed by atoms with van der Waals surface area (Å²) in [7, 11) is 0. The second-order valence-electron chi connectivity index (χ2n) is 5.80. The van der Waals surface area contributed by atoms with Crippen molar-refractivity contribution < 1.29 is 9.53 Å². The van der Waals surface area contributed by atoms with Gasteiger partial charge in [-0.05, 0) is 42.8 Å². The zero-order valence-corrected chi connectivity index (χ0v) is 14.3. The zero-order valence-electron chi connectivity index (χ0n) is 12.7. The van der Waals surface area contributed by atoms with Crippen molar-refractivity contribution in [1.29, 1.82) is 5.26 Å². The lowest BCUT2D eigenvalue weighted by atomic mass is 10.2. The van der Waals surface area contributed by atoms with E-state index in [-0.39, 0.29) is 0 Å². The fourth-order valence-electron chi connectivity index (χ4n) is 2.00. The number of fused-ring (bicyclic) bond motifs is 1. The van der Waals surface area contributed by atoms with Gasteiger partial charge in [-0.2, -0.15) is 5.26 Å². The molecule has 0 spiro atoms. The summed E-state index contributed by atoms with van der Waals surface area (Å²) < 4.78 is 7.84. The van der Waals surface area contributed by atoms with E-state index in [1.165, 1.54) is 0 Å². The molecule has 7 heteroatoms. The quantitative estimate of drug-likeness (QED) is 0.906. The number of nitriles is 1. The van der Waals surface area contributed by atoms with E-state index in [4.69, 9.17) is 4.74 Å². The molecule has 0 bridgehead atoms. The highest BCUT2D eigenvalue weighted by molar-refractivity contribution is 9.10. The van der Waals surface area contributed by atoms with Crippen molar-refractivity contribution in [3.63, 3.8) is 0 Å². The maximum absolute atomic E-state index is 11.6. The fraction of sp³-hybridized carbons (Fsp3) is 0.400. The first-order chi connectivity index (χ1) is 10.3. The average Bonchev–Trinajstić information content (AvgIpc) is 2.74. The van der Waals surface area contributed by atoms with Crippen LogP contribution in [0.15, 0.2) is 22.9 Å². The fourth-order valence-corrected chi connectivity index (χ4v) is 2.33. The van der Waals surface area contributed by atoms with Gasteiger partial charge < -0.3 is 14.6 Å². The molecule has 0 saturated heterocycles. The first kappa shape index (κ1) is 16.3. The van der Waals surface area contributed by atoms with Crippen molar-refractivity contribution in [2.24, 2.45) is 0 Å². The Kier molecular flexibility index (Phi) is 4.71. The molecule has 0 radical (unpaired) electrons. The molecule has 2 rings (SSSR count). The van der Waals surface area contributed by atoms with Crippen molar-refractivity contribution in [3.8, 4) is 6.07 Å². The third-order valence-electron chi connectivity index (χ3n) is 2.82. The van der Waals surface area contributed by atoms with Crippen LogP contribution in [0.1, 0.15) is 26.3 Å². The second-order valence-corrected chi connectivity index (χ2v) is 6.72. The number of amides is 1. The standard InChI is InChI=1S/C15H17BrN4O2/c1-15(2,3)22-14(21)18-4-5-20-9-10(7-17)12-6-11(16)8-19-13(12)20/h6,8-9H,4-5H2,1-3H3,(H,18,21). The highest BCUT2D eigenvalue weighted by Gasteiger charge is 2.16. The normalized spacial score (nSPS) is 11.2. The summed E-state index contributed by atoms with van der Waals surface area (Å²) in [5, 5.41) is 12.7. The van der Waals surface area contributed by atoms with Gasteiger partial charge in [-0.1, -0.05) is 0 Å². The SMILES string of the molecule is CC(C)(C)OC(=O)NCCn1cc(C#N)c2cc(Br)cnc21. The lowest BCUT2D eigenvalue weighted by molar-refractivity contribution is 0.0526. The third-order valence-corrected chi connectivity index (χ3v) is 3.26. The summed E-state index contributed by atoms with van der Waals surface area (Å²) >= 11 is 3.35. The van der Waals surface area contributed by atoms with E-state index in [0.29, 0.717) is 24.3 Å². The van der Waals surface area contributed by atoms with Crippen LogP contribution in [-0.4, -0.2) is 27.8 Å². The predicted octanol–water partition coefficient (Wildman–Crippen LogP) is 3.20. The van der Waals surface area contributed by atoms with E-state index in [0.717, 1.165) is 9.86 Å². The topological polar surface area (TPSA) is 79.9 Å². The first-order valence-corrected chi connectivity index (χ1v) is 7.61. The molecule has 0 unspecified atom stereocenters. The number of hydrogen-bond donors (Lipinski definition) is 1. The molecule has 116 valence electrons. The van der Waals surface area contributed by atoms with Gasteiger partial charge in [0.2, 0.25) is 0 Å². The van der Waals surface area contributed by atoms with E-state index in [9.17, 15) is 10.1 Å². The van der Waals surface area contributed by atoms with Crippen molar-refractivity contribution in [2.45, 2.75) is 32.9 Å². The van der Waals surface area contributed by atoms with E-state index in [2.05, 4.69) is 32.3 Å². The molecule has 0 atom stereocenters. The van der Waals surface area contributed by atoms with Crippen LogP contribution in [-0.2, 0) is 11.3 Å². The van der Waals surface area contributed by atoms with E-state index >= 15 is 0 Å². The van der Waals surface area contributed by atoms with Crippen molar-refractivity contribution in [2.75, 3.05) is 6.54 Å². The zero-order chi connectivity index (χ0) is 16.3. The van der Waals surface area contributed by atoms with Gasteiger partial charge >= 0.3 is 6.09 Å². The van der Waals surface area contributed by atoms with Gasteiger partial charge in [0.05, 0.1) is 5.56 Å². The van der Waals surface area contributed by atoms with Crippen molar-refractivity contribution in [3.05, 3.63) is 28.5 Å². The molecule has 6 nitrogen and oxygen atoms in total. The number of alkyl carbamates (subject to hydrolysis) is 1. The number of nitrogens with zero attached hydrogens (tertiary/aromatic N) is 3. The monoisotopic (exact) mass is 364 g/mol. The van der Waals surface area contributed by atoms with E-state index in [1.807, 2.05) is 31.4 Å². The maximum Gasteiger partial charge on any atom is 0.407 e. The Balaban J connectivity index is 2.07. The first-order valence-electron chi connectivity index (χ1n) is 6.81. The molecule has 22 heavy (non-hydrogen) atoms. The van der Waals surface area contributed by atoms with Crippen LogP contribution in [0, 0.1) is 11.3 Å². The van der Waals surface area contributed by atoms with Crippen LogP contribution in [0.4, 0.5) is 4.79 Å². The van der Waals surface area contributed by atoms with Gasteiger partial charge in [-0.3, -0.25) is 0 Å². The number of carbonyl (C=O) groups excluding carboxylic acids is 1.